The van der Waals surface area contributed by atoms with Crippen molar-refractivity contribution in [2.45, 2.75) is 44.4 Å². The molecule has 0 radical (unpaired) electrons. The lowest BCUT2D eigenvalue weighted by atomic mass is 10.1. The van der Waals surface area contributed by atoms with Crippen molar-refractivity contribution >= 4 is 40.1 Å². The van der Waals surface area contributed by atoms with Crippen LogP contribution >= 0.6 is 11.6 Å². The number of fused-ring (bicyclic) bond motifs is 1. The van der Waals surface area contributed by atoms with Crippen LogP contribution in [0.1, 0.15) is 20.3 Å². The Morgan fingerprint density at radius 2 is 2.06 bits per heavy atom. The summed E-state index contributed by atoms with van der Waals surface area (Å²) in [5.41, 5.74) is 0.807. The quantitative estimate of drug-likeness (QED) is 0.495. The molecule has 12 heteroatoms. The smallest absolute Gasteiger partial charge is 0.328 e. The highest BCUT2D eigenvalue weighted by atomic mass is 35.5. The van der Waals surface area contributed by atoms with Gasteiger partial charge in [0.05, 0.1) is 35.9 Å². The number of nitrogens with zero attached hydrogens (tertiary/aromatic N) is 5. The number of rotatable bonds is 6. The largest absolute Gasteiger partial charge is 0.390 e. The number of nitrogens with one attached hydrogen (secondary N) is 1. The molecule has 4 rings (SSSR count). The van der Waals surface area contributed by atoms with Crippen molar-refractivity contribution in [2.75, 3.05) is 23.3 Å². The Morgan fingerprint density at radius 1 is 1.33 bits per heavy atom. The predicted octanol–water partition coefficient (Wildman–Crippen LogP) is 2.50. The number of β-amino-alcohol motifs (C(OH)–C–C–N with tert-alkyl or cyclic N) is 1. The van der Waals surface area contributed by atoms with E-state index in [1.807, 2.05) is 0 Å². The Kier molecular flexibility index (Phi) is 5.83. The Balaban J connectivity index is 1.65. The van der Waals surface area contributed by atoms with Gasteiger partial charge in [-0.05, 0) is 38.5 Å². The number of benzene rings is 1. The van der Waals surface area contributed by atoms with E-state index in [9.17, 15) is 23.8 Å². The summed E-state index contributed by atoms with van der Waals surface area (Å²) in [6.07, 6.45) is -0.110. The van der Waals surface area contributed by atoms with Gasteiger partial charge in [-0.2, -0.15) is 4.98 Å². The van der Waals surface area contributed by atoms with E-state index in [-0.39, 0.29) is 29.0 Å². The topological polar surface area (TPSA) is 108 Å². The predicted molar refractivity (Wildman–Crippen MR) is 122 cm³/mol. The Hall–Kier alpha value is -2.76. The second-order valence-electron chi connectivity index (χ2n) is 8.91. The molecule has 1 saturated heterocycles. The van der Waals surface area contributed by atoms with E-state index in [1.165, 1.54) is 15.7 Å². The van der Waals surface area contributed by atoms with Crippen LogP contribution in [0.3, 0.4) is 0 Å². The standard InChI is InChI=1S/C21H25ClF2N6O3/c1-20(2,33)6-7-30-15-8-12(4-5-14(15)28(3)19(30)32)26-17-13(22)9-25-18(27-17)29-10-16(31)21(23,24)11-29/h4-5,8-9,16,31,33H,6-7,10-11H2,1-3H3,(H,25,26,27). The third kappa shape index (κ3) is 4.66. The zero-order chi connectivity index (χ0) is 24.1. The SMILES string of the molecule is Cn1c(=O)n(CCC(C)(C)O)c2cc(Nc3nc(N4CC(O)C(F)(F)C4)ncc3Cl)ccc21. The van der Waals surface area contributed by atoms with E-state index in [0.717, 1.165) is 0 Å². The molecule has 1 fully saturated rings. The van der Waals surface area contributed by atoms with Crippen LogP contribution in [0.4, 0.5) is 26.2 Å². The van der Waals surface area contributed by atoms with Crippen molar-refractivity contribution in [3.8, 4) is 0 Å². The van der Waals surface area contributed by atoms with Crippen LogP contribution in [0, 0.1) is 0 Å². The highest BCUT2D eigenvalue weighted by Crippen LogP contribution is 2.32. The van der Waals surface area contributed by atoms with Crippen molar-refractivity contribution in [3.05, 3.63) is 39.9 Å². The van der Waals surface area contributed by atoms with Crippen molar-refractivity contribution in [1.29, 1.82) is 0 Å². The second kappa shape index (κ2) is 8.23. The first-order valence-corrected chi connectivity index (χ1v) is 10.8. The summed E-state index contributed by atoms with van der Waals surface area (Å²) >= 11 is 6.23. The third-order valence-corrected chi connectivity index (χ3v) is 5.93. The monoisotopic (exact) mass is 482 g/mol. The van der Waals surface area contributed by atoms with Crippen LogP contribution in [-0.2, 0) is 13.6 Å². The van der Waals surface area contributed by atoms with Crippen LogP contribution in [0.25, 0.3) is 11.0 Å². The van der Waals surface area contributed by atoms with Crippen LogP contribution in [-0.4, -0.2) is 60.0 Å². The summed E-state index contributed by atoms with van der Waals surface area (Å²) in [4.78, 5) is 22.2. The average molecular weight is 483 g/mol. The maximum absolute atomic E-state index is 13.7. The molecule has 3 aromatic rings. The maximum atomic E-state index is 13.7. The molecular weight excluding hydrogens is 458 g/mol. The molecule has 1 aliphatic heterocycles. The fourth-order valence-electron chi connectivity index (χ4n) is 3.74. The third-order valence-electron chi connectivity index (χ3n) is 5.65. The first-order valence-electron chi connectivity index (χ1n) is 10.4. The summed E-state index contributed by atoms with van der Waals surface area (Å²) in [5, 5.41) is 22.9. The molecule has 178 valence electrons. The maximum Gasteiger partial charge on any atom is 0.328 e. The van der Waals surface area contributed by atoms with Gasteiger partial charge in [-0.15, -0.1) is 0 Å². The molecule has 33 heavy (non-hydrogen) atoms. The Labute approximate surface area is 193 Å². The van der Waals surface area contributed by atoms with E-state index in [4.69, 9.17) is 11.6 Å². The number of aliphatic hydroxyl groups is 2. The first-order chi connectivity index (χ1) is 15.4. The number of hydrogen-bond donors (Lipinski definition) is 3. The summed E-state index contributed by atoms with van der Waals surface area (Å²) < 4.78 is 30.6. The van der Waals surface area contributed by atoms with E-state index in [0.29, 0.717) is 29.7 Å². The molecular formula is C21H25ClF2N6O3. The van der Waals surface area contributed by atoms with Crippen molar-refractivity contribution < 1.29 is 19.0 Å². The van der Waals surface area contributed by atoms with Crippen molar-refractivity contribution in [3.63, 3.8) is 0 Å². The lowest BCUT2D eigenvalue weighted by Gasteiger charge is -2.17. The number of aromatic nitrogens is 4. The van der Waals surface area contributed by atoms with Gasteiger partial charge in [-0.25, -0.2) is 18.6 Å². The number of alkyl halides is 2. The minimum absolute atomic E-state index is 0.0148. The lowest BCUT2D eigenvalue weighted by molar-refractivity contribution is -0.0712. The van der Waals surface area contributed by atoms with Gasteiger partial charge >= 0.3 is 5.69 Å². The fraction of sp³-hybridized carbons (Fsp3) is 0.476. The highest BCUT2D eigenvalue weighted by molar-refractivity contribution is 6.32. The van der Waals surface area contributed by atoms with Crippen LogP contribution in [0.5, 0.6) is 0 Å². The molecule has 1 atom stereocenters. The number of aryl methyl sites for hydroxylation is 2. The number of aliphatic hydroxyl groups excluding tert-OH is 1. The Morgan fingerprint density at radius 3 is 2.70 bits per heavy atom. The minimum Gasteiger partial charge on any atom is -0.390 e. The van der Waals surface area contributed by atoms with E-state index >= 15 is 0 Å². The van der Waals surface area contributed by atoms with E-state index in [2.05, 4.69) is 15.3 Å². The molecule has 9 nitrogen and oxygen atoms in total. The molecule has 3 heterocycles. The van der Waals surface area contributed by atoms with Gasteiger partial charge in [-0.3, -0.25) is 9.13 Å². The zero-order valence-electron chi connectivity index (χ0n) is 18.4. The van der Waals surface area contributed by atoms with Gasteiger partial charge in [-0.1, -0.05) is 11.6 Å². The number of hydrogen-bond acceptors (Lipinski definition) is 7. The van der Waals surface area contributed by atoms with E-state index < -0.39 is 24.2 Å². The van der Waals surface area contributed by atoms with Crippen LogP contribution in [0.15, 0.2) is 29.2 Å². The van der Waals surface area contributed by atoms with Crippen LogP contribution < -0.4 is 15.9 Å². The molecule has 1 aliphatic rings. The average Bonchev–Trinajstić information content (AvgIpc) is 3.13. The molecule has 0 saturated carbocycles. The minimum atomic E-state index is -3.25. The molecule has 0 aliphatic carbocycles. The van der Waals surface area contributed by atoms with Crippen LogP contribution in [0.2, 0.25) is 5.02 Å². The van der Waals surface area contributed by atoms with Gasteiger partial charge < -0.3 is 20.4 Å². The molecule has 1 unspecified atom stereocenters. The summed E-state index contributed by atoms with van der Waals surface area (Å²) in [7, 11) is 1.67. The molecule has 0 amide bonds. The lowest BCUT2D eigenvalue weighted by Crippen LogP contribution is -2.31. The molecule has 0 bridgehead atoms. The number of imidazole rings is 1. The van der Waals surface area contributed by atoms with Crippen molar-refractivity contribution in [2.24, 2.45) is 7.05 Å². The van der Waals surface area contributed by atoms with Gasteiger partial charge in [0.15, 0.2) is 5.82 Å². The molecule has 3 N–H and O–H groups in total. The molecule has 0 spiro atoms. The summed E-state index contributed by atoms with van der Waals surface area (Å²) in [6.45, 7) is 2.70. The first kappa shape index (κ1) is 23.4. The van der Waals surface area contributed by atoms with Gasteiger partial charge in [0.1, 0.15) is 11.1 Å². The zero-order valence-corrected chi connectivity index (χ0v) is 19.1. The Bertz CT molecular complexity index is 1250. The normalized spacial score (nSPS) is 18.3. The van der Waals surface area contributed by atoms with Gasteiger partial charge in [0.25, 0.3) is 5.92 Å². The van der Waals surface area contributed by atoms with Crippen molar-refractivity contribution in [1.82, 2.24) is 19.1 Å². The van der Waals surface area contributed by atoms with Gasteiger partial charge in [0, 0.05) is 19.3 Å². The summed E-state index contributed by atoms with van der Waals surface area (Å²) in [5.74, 6) is -3.03. The molecule has 2 aromatic heterocycles. The van der Waals surface area contributed by atoms with E-state index in [1.54, 1.807) is 43.7 Å². The number of halogens is 3. The highest BCUT2D eigenvalue weighted by Gasteiger charge is 2.48. The second-order valence-corrected chi connectivity index (χ2v) is 9.32. The fourth-order valence-corrected chi connectivity index (χ4v) is 3.88. The number of anilines is 3. The summed E-state index contributed by atoms with van der Waals surface area (Å²) in [6, 6.07) is 5.27. The van der Waals surface area contributed by atoms with Gasteiger partial charge in [0.2, 0.25) is 5.95 Å². The molecule has 1 aromatic carbocycles.